The van der Waals surface area contributed by atoms with Crippen molar-refractivity contribution in [3.63, 3.8) is 0 Å². The standard InChI is InChI=1S/C38H42O19/c1-50-23-9-17(10-24(51-2)29(23)43)36-25(13-20-21(53-36)11-19(41)12-22(20)54-37-34(48)32(46)30(44)26(14-39)56-37)55-38-35(49)33(47)31(45)27(57-38)15-52-28(42)8-5-16-3-6-18(40)7-4-16/h3-13,26-27,30-41,43-49H,14-15H2,1-2H3/p+1/b8-5-/t26-,27+,30+,31+,32-,33+,34+,35+,36?,37+,38+/m0/s1. The molecule has 2 saturated heterocycles. The van der Waals surface area contributed by atoms with Gasteiger partial charge in [-0.2, -0.15) is 0 Å². The summed E-state index contributed by atoms with van der Waals surface area (Å²) < 4.78 is 44.0. The Labute approximate surface area is 323 Å². The first kappa shape index (κ1) is 41.3. The van der Waals surface area contributed by atoms with E-state index in [0.29, 0.717) is 5.56 Å². The average Bonchev–Trinajstić information content (AvgIpc) is 3.20. The molecule has 0 radical (unpaired) electrons. The predicted octanol–water partition coefficient (Wildman–Crippen LogP) is -0.583. The molecule has 0 aliphatic carbocycles. The molecule has 19 heteroatoms. The Morgan fingerprint density at radius 1 is 0.737 bits per heavy atom. The number of phenols is 3. The first-order chi connectivity index (χ1) is 27.2. The molecule has 3 aromatic carbocycles. The Hall–Kier alpha value is -5.35. The molecule has 308 valence electrons. The maximum Gasteiger partial charge on any atom is 0.330 e. The molecule has 0 saturated carbocycles. The Kier molecular flexibility index (Phi) is 12.6. The smallest absolute Gasteiger partial charge is 0.330 e. The first-order valence-electron chi connectivity index (χ1n) is 17.4. The number of benzene rings is 3. The van der Waals surface area contributed by atoms with Crippen LogP contribution in [0.5, 0.6) is 40.2 Å². The summed E-state index contributed by atoms with van der Waals surface area (Å²) in [7, 11) is 2.60. The van der Waals surface area contributed by atoms with Crippen molar-refractivity contribution in [1.29, 1.82) is 0 Å². The second-order valence-corrected chi connectivity index (χ2v) is 13.2. The fraction of sp³-hybridized carbons (Fsp3) is 0.395. The van der Waals surface area contributed by atoms with Crippen molar-refractivity contribution in [2.75, 3.05) is 27.4 Å². The normalized spacial score (nSPS) is 29.8. The number of carbonyl (C=O) groups is 1. The number of fused-ring (bicyclic) bond motifs is 1. The first-order valence-corrected chi connectivity index (χ1v) is 17.4. The summed E-state index contributed by atoms with van der Waals surface area (Å²) in [5, 5.41) is 104. The molecule has 0 bridgehead atoms. The van der Waals surface area contributed by atoms with Crippen LogP contribution in [0.3, 0.4) is 0 Å². The molecule has 11 N–H and O–H groups in total. The number of carbonyl (C=O) groups excluding carboxylic acids is 1. The van der Waals surface area contributed by atoms with E-state index < -0.39 is 86.7 Å². The summed E-state index contributed by atoms with van der Waals surface area (Å²) in [6.07, 6.45) is -14.3. The molecule has 3 aliphatic heterocycles. The van der Waals surface area contributed by atoms with Crippen LogP contribution in [0.1, 0.15) is 22.8 Å². The Balaban J connectivity index is 1.32. The largest absolute Gasteiger partial charge is 0.571 e. The number of ether oxygens (including phenoxy) is 8. The molecule has 0 aromatic heterocycles. The highest BCUT2D eigenvalue weighted by molar-refractivity contribution is 5.87. The van der Waals surface area contributed by atoms with Crippen LogP contribution >= 0.6 is 0 Å². The molecule has 57 heavy (non-hydrogen) atoms. The molecule has 3 heterocycles. The zero-order chi connectivity index (χ0) is 41.1. The molecule has 3 aromatic rings. The van der Waals surface area contributed by atoms with Gasteiger partial charge in [-0.15, -0.1) is 0 Å². The lowest BCUT2D eigenvalue weighted by Crippen LogP contribution is -2.60. The predicted molar refractivity (Wildman–Crippen MR) is 192 cm³/mol. The zero-order valence-corrected chi connectivity index (χ0v) is 30.3. The van der Waals surface area contributed by atoms with Crippen LogP contribution in [-0.4, -0.2) is 151 Å². The molecule has 1 unspecified atom stereocenters. The quantitative estimate of drug-likeness (QED) is 0.0622. The lowest BCUT2D eigenvalue weighted by molar-refractivity contribution is -0.296. The Bertz CT molecular complexity index is 1920. The van der Waals surface area contributed by atoms with E-state index in [-0.39, 0.29) is 57.1 Å². The number of esters is 1. The number of aromatic hydroxyl groups is 4. The monoisotopic (exact) mass is 803 g/mol. The minimum absolute atomic E-state index is 0.0268. The summed E-state index contributed by atoms with van der Waals surface area (Å²) in [6.45, 7) is -1.33. The van der Waals surface area contributed by atoms with Gasteiger partial charge < -0.3 is 89.0 Å². The van der Waals surface area contributed by atoms with Crippen LogP contribution in [0.15, 0.2) is 60.4 Å². The van der Waals surface area contributed by atoms with Crippen molar-refractivity contribution >= 4 is 18.1 Å². The molecule has 6 rings (SSSR count). The summed E-state index contributed by atoms with van der Waals surface area (Å²) in [5.74, 6) is -1.80. The number of aliphatic hydroxyl groups excluding tert-OH is 7. The van der Waals surface area contributed by atoms with Crippen LogP contribution in [0.2, 0.25) is 0 Å². The van der Waals surface area contributed by atoms with Crippen molar-refractivity contribution in [1.82, 2.24) is 0 Å². The Morgan fingerprint density at radius 3 is 1.95 bits per heavy atom. The maximum atomic E-state index is 12.5. The summed E-state index contributed by atoms with van der Waals surface area (Å²) in [6, 6.07) is 11.2. The van der Waals surface area contributed by atoms with Gasteiger partial charge in [0.1, 0.15) is 78.3 Å². The van der Waals surface area contributed by atoms with Gasteiger partial charge in [-0.25, -0.2) is 4.79 Å². The molecule has 19 nitrogen and oxygen atoms in total. The number of phenolic OH excluding ortho intramolecular Hbond substituents is 3. The molecule has 2 fully saturated rings. The summed E-state index contributed by atoms with van der Waals surface area (Å²) in [4.78, 5) is 12.5. The van der Waals surface area contributed by atoms with E-state index in [1.54, 1.807) is 12.1 Å². The van der Waals surface area contributed by atoms with Crippen LogP contribution < -0.4 is 14.2 Å². The molecule has 11 atom stereocenters. The van der Waals surface area contributed by atoms with Crippen LogP contribution in [0.4, 0.5) is 0 Å². The van der Waals surface area contributed by atoms with Gasteiger partial charge in [0, 0.05) is 18.2 Å². The van der Waals surface area contributed by atoms with Crippen molar-refractivity contribution in [2.45, 2.75) is 67.5 Å². The van der Waals surface area contributed by atoms with E-state index in [9.17, 15) is 55.9 Å². The van der Waals surface area contributed by atoms with E-state index in [1.807, 2.05) is 0 Å². The van der Waals surface area contributed by atoms with E-state index >= 15 is 0 Å². The second kappa shape index (κ2) is 17.4. The van der Waals surface area contributed by atoms with Gasteiger partial charge in [0.2, 0.25) is 18.3 Å². The lowest BCUT2D eigenvalue weighted by Gasteiger charge is -2.41. The SMILES string of the molecule is COc1cc(C2[OH+]c3cc(O)cc(O[C@@H]4O[C@@H](CO)[C@@H](O)[C@H](O)[C@H]4O)c3C=C2O[C@@H]2O[C@H](COC(=O)/C=C\c3ccc(O)cc3)[C@@H](O)[C@@H](O)[C@H]2O)cc(OC)c1O. The number of hydrogen-bond acceptors (Lipinski definition) is 18. The van der Waals surface area contributed by atoms with Crippen LogP contribution in [0.25, 0.3) is 12.2 Å². The van der Waals surface area contributed by atoms with Crippen molar-refractivity contribution in [3.8, 4) is 40.2 Å². The fourth-order valence-corrected chi connectivity index (χ4v) is 6.32. The average molecular weight is 804 g/mol. The van der Waals surface area contributed by atoms with Crippen LogP contribution in [0, 0.1) is 0 Å². The molecule has 0 spiro atoms. The van der Waals surface area contributed by atoms with Gasteiger partial charge in [-0.1, -0.05) is 12.1 Å². The van der Waals surface area contributed by atoms with Gasteiger partial charge in [0.15, 0.2) is 17.3 Å². The van der Waals surface area contributed by atoms with E-state index in [2.05, 4.69) is 0 Å². The van der Waals surface area contributed by atoms with Crippen molar-refractivity contribution < 1.29 is 93.8 Å². The van der Waals surface area contributed by atoms with Gasteiger partial charge in [-0.3, -0.25) is 0 Å². The van der Waals surface area contributed by atoms with Crippen LogP contribution in [-0.2, 0) is 23.7 Å². The van der Waals surface area contributed by atoms with Crippen molar-refractivity contribution in [3.05, 3.63) is 77.1 Å². The Morgan fingerprint density at radius 2 is 1.33 bits per heavy atom. The lowest BCUT2D eigenvalue weighted by atomic mass is 9.98. The van der Waals surface area contributed by atoms with E-state index in [0.717, 1.165) is 12.1 Å². The number of methoxy groups -OCH3 is 2. The van der Waals surface area contributed by atoms with Gasteiger partial charge >= 0.3 is 5.97 Å². The molecule has 3 aliphatic rings. The van der Waals surface area contributed by atoms with E-state index in [4.69, 9.17) is 37.9 Å². The van der Waals surface area contributed by atoms with Gasteiger partial charge in [0.05, 0.1) is 32.5 Å². The molecular weight excluding hydrogens is 760 g/mol. The molecular formula is C38H43O19+. The minimum Gasteiger partial charge on any atom is -0.571 e. The van der Waals surface area contributed by atoms with Crippen molar-refractivity contribution in [2.24, 2.45) is 0 Å². The highest BCUT2D eigenvalue weighted by Gasteiger charge is 2.48. The minimum atomic E-state index is -1.89. The third kappa shape index (κ3) is 8.81. The number of hydrogen-bond donors (Lipinski definition) is 10. The number of aliphatic hydroxyl groups is 8. The molecule has 0 amide bonds. The third-order valence-electron chi connectivity index (χ3n) is 9.45. The topological polar surface area (TPSA) is 297 Å². The second-order valence-electron chi connectivity index (χ2n) is 13.2. The zero-order valence-electron chi connectivity index (χ0n) is 30.3. The maximum absolute atomic E-state index is 12.5. The third-order valence-corrected chi connectivity index (χ3v) is 9.45. The highest BCUT2D eigenvalue weighted by atomic mass is 16.7. The fourth-order valence-electron chi connectivity index (χ4n) is 6.32. The highest BCUT2D eigenvalue weighted by Crippen LogP contribution is 2.49. The summed E-state index contributed by atoms with van der Waals surface area (Å²) in [5.41, 5.74) is 0.939. The van der Waals surface area contributed by atoms with Gasteiger partial charge in [0.25, 0.3) is 11.9 Å². The van der Waals surface area contributed by atoms with E-state index in [1.165, 1.54) is 56.7 Å². The van der Waals surface area contributed by atoms with Gasteiger partial charge in [-0.05, 0) is 35.9 Å². The summed E-state index contributed by atoms with van der Waals surface area (Å²) >= 11 is 0. The number of rotatable bonds is 12.